The monoisotopic (exact) mass is 224 g/mol. The minimum Gasteiger partial charge on any atom is -0.336 e. The van der Waals surface area contributed by atoms with Crippen molar-refractivity contribution < 1.29 is 0 Å². The summed E-state index contributed by atoms with van der Waals surface area (Å²) in [5, 5.41) is 9.04. The van der Waals surface area contributed by atoms with E-state index in [9.17, 15) is 0 Å². The van der Waals surface area contributed by atoms with Crippen LogP contribution >= 0.6 is 0 Å². The van der Waals surface area contributed by atoms with Gasteiger partial charge in [0.1, 0.15) is 11.8 Å². The summed E-state index contributed by atoms with van der Waals surface area (Å²) < 4.78 is 2.08. The van der Waals surface area contributed by atoms with Crippen molar-refractivity contribution in [2.45, 2.75) is 26.3 Å². The minimum atomic E-state index is 0.411. The minimum absolute atomic E-state index is 0.411. The zero-order valence-corrected chi connectivity index (χ0v) is 10.2. The van der Waals surface area contributed by atoms with E-state index in [2.05, 4.69) is 41.8 Å². The van der Waals surface area contributed by atoms with Crippen LogP contribution in [0.4, 0.5) is 0 Å². The maximum Gasteiger partial charge on any atom is 0.120 e. The Morgan fingerprint density at radius 1 is 1.18 bits per heavy atom. The molecule has 1 aromatic heterocycles. The molecular formula is C15H16N2. The van der Waals surface area contributed by atoms with Crippen molar-refractivity contribution in [3.05, 3.63) is 59.4 Å². The summed E-state index contributed by atoms with van der Waals surface area (Å²) in [5.74, 6) is 0.411. The summed E-state index contributed by atoms with van der Waals surface area (Å²) in [5.41, 5.74) is 3.19. The molecule has 1 atom stereocenters. The van der Waals surface area contributed by atoms with Gasteiger partial charge in [0.05, 0.1) is 0 Å². The molecule has 0 bridgehead atoms. The van der Waals surface area contributed by atoms with Crippen LogP contribution in [0, 0.1) is 18.3 Å². The maximum absolute atomic E-state index is 9.04. The van der Waals surface area contributed by atoms with Crippen LogP contribution in [0.2, 0.25) is 0 Å². The second-order valence-corrected chi connectivity index (χ2v) is 4.39. The van der Waals surface area contributed by atoms with E-state index in [1.54, 1.807) is 0 Å². The Kier molecular flexibility index (Phi) is 3.30. The van der Waals surface area contributed by atoms with Gasteiger partial charge in [0.25, 0.3) is 0 Å². The van der Waals surface area contributed by atoms with Crippen LogP contribution in [0.1, 0.15) is 29.8 Å². The van der Waals surface area contributed by atoms with Crippen molar-refractivity contribution in [3.63, 3.8) is 0 Å². The zero-order chi connectivity index (χ0) is 12.3. The van der Waals surface area contributed by atoms with Gasteiger partial charge in [0.2, 0.25) is 0 Å². The van der Waals surface area contributed by atoms with E-state index in [4.69, 9.17) is 5.26 Å². The molecule has 86 valence electrons. The Bertz CT molecular complexity index is 532. The molecule has 0 spiro atoms. The Morgan fingerprint density at radius 3 is 2.53 bits per heavy atom. The van der Waals surface area contributed by atoms with Crippen LogP contribution in [-0.2, 0) is 6.54 Å². The molecular weight excluding hydrogens is 208 g/mol. The second kappa shape index (κ2) is 4.88. The number of aryl methyl sites for hydroxylation is 1. The van der Waals surface area contributed by atoms with E-state index in [1.165, 1.54) is 5.56 Å². The summed E-state index contributed by atoms with van der Waals surface area (Å²) in [7, 11) is 0. The van der Waals surface area contributed by atoms with Crippen LogP contribution in [0.3, 0.4) is 0 Å². The number of hydrogen-bond donors (Lipinski definition) is 0. The average Bonchev–Trinajstić information content (AvgIpc) is 2.71. The molecule has 1 aromatic carbocycles. The van der Waals surface area contributed by atoms with Crippen LogP contribution < -0.4 is 0 Å². The lowest BCUT2D eigenvalue weighted by Gasteiger charge is -2.15. The van der Waals surface area contributed by atoms with Crippen LogP contribution in [0.25, 0.3) is 0 Å². The van der Waals surface area contributed by atoms with Crippen molar-refractivity contribution in [1.82, 2.24) is 4.57 Å². The predicted molar refractivity (Wildman–Crippen MR) is 68.7 cm³/mol. The van der Waals surface area contributed by atoms with Gasteiger partial charge in [0.15, 0.2) is 0 Å². The first-order chi connectivity index (χ1) is 8.22. The number of rotatable bonds is 3. The largest absolute Gasteiger partial charge is 0.336 e. The molecule has 0 saturated heterocycles. The van der Waals surface area contributed by atoms with Crippen molar-refractivity contribution in [3.8, 4) is 6.07 Å². The average molecular weight is 224 g/mol. The number of nitriles is 1. The van der Waals surface area contributed by atoms with Crippen molar-refractivity contribution in [2.75, 3.05) is 0 Å². The number of benzene rings is 1. The summed E-state index contributed by atoms with van der Waals surface area (Å²) >= 11 is 0. The quantitative estimate of drug-likeness (QED) is 0.784. The smallest absolute Gasteiger partial charge is 0.120 e. The topological polar surface area (TPSA) is 28.7 Å². The molecule has 2 nitrogen and oxygen atoms in total. The normalized spacial score (nSPS) is 12.1. The van der Waals surface area contributed by atoms with Crippen molar-refractivity contribution >= 4 is 0 Å². The first-order valence-electron chi connectivity index (χ1n) is 5.83. The van der Waals surface area contributed by atoms with Crippen LogP contribution in [0.5, 0.6) is 0 Å². The van der Waals surface area contributed by atoms with Crippen molar-refractivity contribution in [2.24, 2.45) is 0 Å². The van der Waals surface area contributed by atoms with Gasteiger partial charge >= 0.3 is 0 Å². The highest BCUT2D eigenvalue weighted by molar-refractivity contribution is 5.27. The molecule has 0 aliphatic heterocycles. The number of hydrogen-bond acceptors (Lipinski definition) is 1. The molecule has 17 heavy (non-hydrogen) atoms. The molecule has 0 N–H and O–H groups in total. The van der Waals surface area contributed by atoms with Gasteiger partial charge in [0, 0.05) is 12.2 Å². The summed E-state index contributed by atoms with van der Waals surface area (Å²) in [6.07, 6.45) is 0. The fraction of sp³-hybridized carbons (Fsp3) is 0.267. The molecule has 0 aliphatic carbocycles. The molecule has 0 radical (unpaired) electrons. The highest BCUT2D eigenvalue weighted by atomic mass is 15.0. The molecule has 2 aromatic rings. The molecule has 2 rings (SSSR count). The van der Waals surface area contributed by atoms with Gasteiger partial charge in [-0.05, 0) is 30.5 Å². The summed E-state index contributed by atoms with van der Waals surface area (Å²) in [6.45, 7) is 5.08. The van der Waals surface area contributed by atoms with E-state index in [0.717, 1.165) is 17.9 Å². The third kappa shape index (κ3) is 2.39. The van der Waals surface area contributed by atoms with Gasteiger partial charge in [-0.2, -0.15) is 5.26 Å². The SMILES string of the molecule is Cc1ccc(C#N)n1C[C@@H](C)c1ccccc1. The van der Waals surface area contributed by atoms with E-state index in [-0.39, 0.29) is 0 Å². The second-order valence-electron chi connectivity index (χ2n) is 4.39. The molecule has 2 heteroatoms. The van der Waals surface area contributed by atoms with E-state index in [1.807, 2.05) is 25.1 Å². The Hall–Kier alpha value is -2.01. The summed E-state index contributed by atoms with van der Waals surface area (Å²) in [4.78, 5) is 0. The van der Waals surface area contributed by atoms with Gasteiger partial charge in [-0.25, -0.2) is 0 Å². The standard InChI is InChI=1S/C15H16N2/c1-12(14-6-4-3-5-7-14)11-17-13(2)8-9-15(17)10-16/h3-9,12H,11H2,1-2H3/t12-/m1/s1. The Balaban J connectivity index is 2.22. The Labute approximate surface area is 102 Å². The first kappa shape index (κ1) is 11.5. The molecule has 0 unspecified atom stereocenters. The van der Waals surface area contributed by atoms with Gasteiger partial charge < -0.3 is 4.57 Å². The van der Waals surface area contributed by atoms with Crippen LogP contribution in [-0.4, -0.2) is 4.57 Å². The third-order valence-electron chi connectivity index (χ3n) is 3.14. The van der Waals surface area contributed by atoms with Gasteiger partial charge in [-0.15, -0.1) is 0 Å². The molecule has 0 fully saturated rings. The van der Waals surface area contributed by atoms with E-state index >= 15 is 0 Å². The molecule has 1 heterocycles. The molecule has 0 saturated carbocycles. The summed E-state index contributed by atoms with van der Waals surface area (Å²) in [6, 6.07) is 16.5. The van der Waals surface area contributed by atoms with Gasteiger partial charge in [-0.1, -0.05) is 37.3 Å². The van der Waals surface area contributed by atoms with E-state index in [0.29, 0.717) is 5.92 Å². The number of aromatic nitrogens is 1. The lowest BCUT2D eigenvalue weighted by molar-refractivity contribution is 0.584. The highest BCUT2D eigenvalue weighted by Crippen LogP contribution is 2.19. The van der Waals surface area contributed by atoms with Crippen molar-refractivity contribution in [1.29, 1.82) is 5.26 Å². The molecule has 0 amide bonds. The zero-order valence-electron chi connectivity index (χ0n) is 10.2. The Morgan fingerprint density at radius 2 is 1.88 bits per heavy atom. The molecule has 0 aliphatic rings. The fourth-order valence-corrected chi connectivity index (χ4v) is 2.07. The lowest BCUT2D eigenvalue weighted by Crippen LogP contribution is -2.09. The number of nitrogens with zero attached hydrogens (tertiary/aromatic N) is 2. The highest BCUT2D eigenvalue weighted by Gasteiger charge is 2.10. The maximum atomic E-state index is 9.04. The fourth-order valence-electron chi connectivity index (χ4n) is 2.07. The predicted octanol–water partition coefficient (Wildman–Crippen LogP) is 3.47. The van der Waals surface area contributed by atoms with Gasteiger partial charge in [-0.3, -0.25) is 0 Å². The third-order valence-corrected chi connectivity index (χ3v) is 3.14. The lowest BCUT2D eigenvalue weighted by atomic mass is 10.0. The van der Waals surface area contributed by atoms with Crippen LogP contribution in [0.15, 0.2) is 42.5 Å². The first-order valence-corrected chi connectivity index (χ1v) is 5.83. The van der Waals surface area contributed by atoms with E-state index < -0.39 is 0 Å².